The molecule has 0 aliphatic rings. The van der Waals surface area contributed by atoms with Crippen LogP contribution in [0.15, 0.2) is 46.0 Å². The first-order valence-corrected chi connectivity index (χ1v) is 8.54. The molecule has 1 atom stereocenters. The normalized spacial score (nSPS) is 11.8. The van der Waals surface area contributed by atoms with Crippen molar-refractivity contribution in [2.75, 3.05) is 19.5 Å². The topological polar surface area (TPSA) is 92.2 Å². The van der Waals surface area contributed by atoms with E-state index in [1.54, 1.807) is 32.2 Å². The number of hydrogen-bond acceptors (Lipinski definition) is 6. The zero-order valence-corrected chi connectivity index (χ0v) is 16.2. The second kappa shape index (κ2) is 9.10. The van der Waals surface area contributed by atoms with Crippen LogP contribution in [0.3, 0.4) is 0 Å². The van der Waals surface area contributed by atoms with Crippen molar-refractivity contribution < 1.29 is 19.4 Å². The molecule has 0 aliphatic carbocycles. The van der Waals surface area contributed by atoms with Gasteiger partial charge in [0.2, 0.25) is 0 Å². The molecule has 0 saturated carbocycles. The van der Waals surface area contributed by atoms with Crippen molar-refractivity contribution in [1.29, 1.82) is 0 Å². The maximum Gasteiger partial charge on any atom is 0.262 e. The standard InChI is InChI=1S/C18H20BrN3O4/c1-11(21-14-6-4-5-7-15(14)25-2)18(24)22-20-10-12-8-13(19)9-16(26-3)17(12)23/h4-11,21,23H,1-3H3,(H,22,24)/b20-10-/t11-/m0/s1. The molecule has 0 aromatic heterocycles. The Morgan fingerprint density at radius 1 is 1.23 bits per heavy atom. The van der Waals surface area contributed by atoms with Crippen molar-refractivity contribution >= 4 is 33.7 Å². The Morgan fingerprint density at radius 2 is 1.92 bits per heavy atom. The molecule has 0 heterocycles. The highest BCUT2D eigenvalue weighted by Crippen LogP contribution is 2.32. The average Bonchev–Trinajstić information content (AvgIpc) is 2.64. The fourth-order valence-corrected chi connectivity index (χ4v) is 2.63. The van der Waals surface area contributed by atoms with Gasteiger partial charge in [-0.05, 0) is 31.2 Å². The molecule has 138 valence electrons. The fourth-order valence-electron chi connectivity index (χ4n) is 2.17. The summed E-state index contributed by atoms with van der Waals surface area (Å²) in [5, 5.41) is 17.0. The second-order valence-corrected chi connectivity index (χ2v) is 6.26. The maximum absolute atomic E-state index is 12.2. The number of rotatable bonds is 7. The predicted octanol–water partition coefficient (Wildman–Crippen LogP) is 3.12. The minimum Gasteiger partial charge on any atom is -0.504 e. The number of nitrogens with zero attached hydrogens (tertiary/aromatic N) is 1. The fraction of sp³-hybridized carbons (Fsp3) is 0.222. The lowest BCUT2D eigenvalue weighted by molar-refractivity contribution is -0.121. The molecule has 2 rings (SSSR count). The van der Waals surface area contributed by atoms with Crippen molar-refractivity contribution in [3.05, 3.63) is 46.4 Å². The van der Waals surface area contributed by atoms with Gasteiger partial charge in [-0.3, -0.25) is 4.79 Å². The van der Waals surface area contributed by atoms with Crippen molar-refractivity contribution in [3.63, 3.8) is 0 Å². The van der Waals surface area contributed by atoms with Gasteiger partial charge < -0.3 is 19.9 Å². The van der Waals surface area contributed by atoms with Crippen LogP contribution in [0.2, 0.25) is 0 Å². The minimum atomic E-state index is -0.547. The summed E-state index contributed by atoms with van der Waals surface area (Å²) in [5.41, 5.74) is 3.54. The number of aromatic hydroxyl groups is 1. The predicted molar refractivity (Wildman–Crippen MR) is 104 cm³/mol. The lowest BCUT2D eigenvalue weighted by Gasteiger charge is -2.15. The highest BCUT2D eigenvalue weighted by molar-refractivity contribution is 9.10. The zero-order valence-electron chi connectivity index (χ0n) is 14.6. The van der Waals surface area contributed by atoms with Crippen molar-refractivity contribution in [1.82, 2.24) is 5.43 Å². The van der Waals surface area contributed by atoms with E-state index < -0.39 is 6.04 Å². The summed E-state index contributed by atoms with van der Waals surface area (Å²) >= 11 is 3.32. The number of para-hydroxylation sites is 2. The van der Waals surface area contributed by atoms with Crippen molar-refractivity contribution in [2.45, 2.75) is 13.0 Å². The lowest BCUT2D eigenvalue weighted by Crippen LogP contribution is -2.35. The quantitative estimate of drug-likeness (QED) is 0.471. The van der Waals surface area contributed by atoms with Gasteiger partial charge in [-0.2, -0.15) is 5.10 Å². The summed E-state index contributed by atoms with van der Waals surface area (Å²) in [6.45, 7) is 1.71. The molecule has 0 unspecified atom stereocenters. The Bertz CT molecular complexity index is 811. The number of methoxy groups -OCH3 is 2. The van der Waals surface area contributed by atoms with Gasteiger partial charge in [0.25, 0.3) is 5.91 Å². The first-order valence-electron chi connectivity index (χ1n) is 7.75. The van der Waals surface area contributed by atoms with Crippen LogP contribution in [0, 0.1) is 0 Å². The first-order chi connectivity index (χ1) is 12.5. The summed E-state index contributed by atoms with van der Waals surface area (Å²) in [7, 11) is 3.02. The molecule has 8 heteroatoms. The van der Waals surface area contributed by atoms with E-state index in [4.69, 9.17) is 9.47 Å². The molecule has 0 saturated heterocycles. The van der Waals surface area contributed by atoms with E-state index >= 15 is 0 Å². The molecule has 0 aliphatic heterocycles. The summed E-state index contributed by atoms with van der Waals surface area (Å²) in [6, 6.07) is 10.0. The number of phenols is 1. The van der Waals surface area contributed by atoms with Crippen LogP contribution in [0.25, 0.3) is 0 Å². The number of nitrogens with one attached hydrogen (secondary N) is 2. The smallest absolute Gasteiger partial charge is 0.262 e. The van der Waals surface area contributed by atoms with E-state index in [-0.39, 0.29) is 11.7 Å². The summed E-state index contributed by atoms with van der Waals surface area (Å²) in [5.74, 6) is 0.544. The van der Waals surface area contributed by atoms with Crippen LogP contribution >= 0.6 is 15.9 Å². The van der Waals surface area contributed by atoms with Crippen LogP contribution in [-0.4, -0.2) is 37.5 Å². The molecule has 0 fully saturated rings. The number of hydrogen-bond donors (Lipinski definition) is 3. The number of ether oxygens (including phenoxy) is 2. The molecule has 0 radical (unpaired) electrons. The van der Waals surface area contributed by atoms with Gasteiger partial charge in [-0.25, -0.2) is 5.43 Å². The monoisotopic (exact) mass is 421 g/mol. The number of hydrazone groups is 1. The van der Waals surface area contributed by atoms with Crippen molar-refractivity contribution in [2.24, 2.45) is 5.10 Å². The molecule has 7 nitrogen and oxygen atoms in total. The van der Waals surface area contributed by atoms with E-state index in [0.717, 1.165) is 0 Å². The Hall–Kier alpha value is -2.74. The number of carbonyl (C=O) groups is 1. The Morgan fingerprint density at radius 3 is 2.62 bits per heavy atom. The third-order valence-electron chi connectivity index (χ3n) is 3.54. The zero-order chi connectivity index (χ0) is 19.1. The molecule has 0 spiro atoms. The van der Waals surface area contributed by atoms with E-state index in [1.807, 2.05) is 18.2 Å². The molecule has 26 heavy (non-hydrogen) atoms. The van der Waals surface area contributed by atoms with E-state index in [2.05, 4.69) is 31.8 Å². The number of phenolic OH excluding ortho intramolecular Hbond substituents is 1. The number of halogens is 1. The van der Waals surface area contributed by atoms with Gasteiger partial charge in [0.05, 0.1) is 26.1 Å². The Kier molecular flexibility index (Phi) is 6.85. The van der Waals surface area contributed by atoms with Crippen molar-refractivity contribution in [3.8, 4) is 17.2 Å². The number of amides is 1. The molecule has 1 amide bonds. The second-order valence-electron chi connectivity index (χ2n) is 5.35. The number of carbonyl (C=O) groups excluding carboxylic acids is 1. The van der Waals surface area contributed by atoms with Gasteiger partial charge in [0.15, 0.2) is 11.5 Å². The minimum absolute atomic E-state index is 0.0612. The maximum atomic E-state index is 12.2. The van der Waals surface area contributed by atoms with Crippen LogP contribution < -0.4 is 20.2 Å². The highest BCUT2D eigenvalue weighted by Gasteiger charge is 2.14. The van der Waals surface area contributed by atoms with Crippen LogP contribution in [0.5, 0.6) is 17.2 Å². The first kappa shape index (κ1) is 19.6. The molecule has 2 aromatic carbocycles. The van der Waals surface area contributed by atoms with E-state index in [0.29, 0.717) is 27.2 Å². The van der Waals surface area contributed by atoms with Crippen LogP contribution in [0.1, 0.15) is 12.5 Å². The molecule has 3 N–H and O–H groups in total. The van der Waals surface area contributed by atoms with Gasteiger partial charge >= 0.3 is 0 Å². The summed E-state index contributed by atoms with van der Waals surface area (Å²) < 4.78 is 11.0. The van der Waals surface area contributed by atoms with Crippen LogP contribution in [-0.2, 0) is 4.79 Å². The SMILES string of the molecule is COc1ccccc1N[C@@H](C)C(=O)N/N=C\c1cc(Br)cc(OC)c1O. The lowest BCUT2D eigenvalue weighted by atomic mass is 10.2. The van der Waals surface area contributed by atoms with Gasteiger partial charge in [0, 0.05) is 10.0 Å². The van der Waals surface area contributed by atoms with E-state index in [9.17, 15) is 9.90 Å². The van der Waals surface area contributed by atoms with E-state index in [1.165, 1.54) is 13.3 Å². The average molecular weight is 422 g/mol. The van der Waals surface area contributed by atoms with Gasteiger partial charge in [0.1, 0.15) is 11.8 Å². The summed E-state index contributed by atoms with van der Waals surface area (Å²) in [4.78, 5) is 12.2. The highest BCUT2D eigenvalue weighted by atomic mass is 79.9. The largest absolute Gasteiger partial charge is 0.504 e. The third-order valence-corrected chi connectivity index (χ3v) is 4.00. The number of anilines is 1. The number of benzene rings is 2. The van der Waals surface area contributed by atoms with Gasteiger partial charge in [-0.15, -0.1) is 0 Å². The van der Waals surface area contributed by atoms with Crippen LogP contribution in [0.4, 0.5) is 5.69 Å². The Balaban J connectivity index is 2.02. The molecular formula is C18H20BrN3O4. The summed E-state index contributed by atoms with van der Waals surface area (Å²) in [6.07, 6.45) is 1.34. The Labute approximate surface area is 160 Å². The molecule has 2 aromatic rings. The molecule has 0 bridgehead atoms. The van der Waals surface area contributed by atoms with Gasteiger partial charge in [-0.1, -0.05) is 28.1 Å². The third kappa shape index (κ3) is 4.89. The molecular weight excluding hydrogens is 402 g/mol.